The van der Waals surface area contributed by atoms with Gasteiger partial charge in [0.1, 0.15) is 17.5 Å². The van der Waals surface area contributed by atoms with E-state index in [9.17, 15) is 0 Å². The number of fused-ring (bicyclic) bond motifs is 1. The van der Waals surface area contributed by atoms with Gasteiger partial charge in [0.2, 0.25) is 0 Å². The zero-order valence-corrected chi connectivity index (χ0v) is 10.9. The number of benzene rings is 1. The molecule has 4 rings (SSSR count). The molecule has 3 aromatic rings. The maximum Gasteiger partial charge on any atom is 0.262 e. The zero-order chi connectivity index (χ0) is 13.4. The minimum atomic E-state index is 0.526. The summed E-state index contributed by atoms with van der Waals surface area (Å²) in [6.07, 6.45) is 4.38. The zero-order valence-electron chi connectivity index (χ0n) is 10.9. The van der Waals surface area contributed by atoms with Gasteiger partial charge < -0.3 is 9.84 Å². The Morgan fingerprint density at radius 3 is 3.00 bits per heavy atom. The fourth-order valence-electron chi connectivity index (χ4n) is 2.65. The summed E-state index contributed by atoms with van der Waals surface area (Å²) in [7, 11) is 0. The first-order valence-corrected chi connectivity index (χ1v) is 6.76. The number of hydrogen-bond donors (Lipinski definition) is 1. The van der Waals surface area contributed by atoms with Crippen LogP contribution in [-0.4, -0.2) is 21.7 Å². The molecular formula is C15H14N4O. The molecule has 5 nitrogen and oxygen atoms in total. The number of anilines is 1. The van der Waals surface area contributed by atoms with E-state index in [1.54, 1.807) is 6.20 Å². The van der Waals surface area contributed by atoms with Gasteiger partial charge in [-0.2, -0.15) is 4.98 Å². The van der Waals surface area contributed by atoms with Crippen molar-refractivity contribution in [2.24, 2.45) is 5.92 Å². The Hall–Kier alpha value is -2.43. The number of rotatable bonds is 4. The lowest BCUT2D eigenvalue weighted by Crippen LogP contribution is -2.06. The molecule has 1 aliphatic rings. The van der Waals surface area contributed by atoms with Crippen LogP contribution in [0.3, 0.4) is 0 Å². The predicted molar refractivity (Wildman–Crippen MR) is 75.4 cm³/mol. The third-order valence-corrected chi connectivity index (χ3v) is 3.85. The minimum Gasteiger partial charge on any atom is -0.369 e. The first-order chi connectivity index (χ1) is 9.92. The second kappa shape index (κ2) is 4.59. The van der Waals surface area contributed by atoms with Gasteiger partial charge in [0, 0.05) is 6.54 Å². The van der Waals surface area contributed by atoms with Crippen molar-refractivity contribution in [2.75, 3.05) is 11.9 Å². The van der Waals surface area contributed by atoms with Crippen LogP contribution >= 0.6 is 0 Å². The second-order valence-corrected chi connectivity index (χ2v) is 5.16. The molecule has 1 N–H and O–H groups in total. The topological polar surface area (TPSA) is 63.8 Å². The summed E-state index contributed by atoms with van der Waals surface area (Å²) in [5.74, 6) is 2.14. The van der Waals surface area contributed by atoms with Crippen LogP contribution in [-0.2, 0) is 0 Å². The quantitative estimate of drug-likeness (QED) is 0.786. The molecule has 1 aromatic carbocycles. The first-order valence-electron chi connectivity index (χ1n) is 6.76. The average molecular weight is 266 g/mol. The molecular weight excluding hydrogens is 252 g/mol. The third-order valence-electron chi connectivity index (χ3n) is 3.85. The van der Waals surface area contributed by atoms with Gasteiger partial charge in [-0.25, -0.2) is 4.98 Å². The average Bonchev–Trinajstić information content (AvgIpc) is 3.12. The molecule has 100 valence electrons. The molecule has 0 amide bonds. The Kier molecular flexibility index (Phi) is 2.62. The van der Waals surface area contributed by atoms with Crippen LogP contribution in [0.25, 0.3) is 11.1 Å². The van der Waals surface area contributed by atoms with Crippen LogP contribution in [0.4, 0.5) is 5.82 Å². The highest BCUT2D eigenvalue weighted by molar-refractivity contribution is 5.84. The molecule has 20 heavy (non-hydrogen) atoms. The van der Waals surface area contributed by atoms with Crippen molar-refractivity contribution in [1.82, 2.24) is 15.1 Å². The standard InChI is InChI=1S/C15H14N4O/c1-2-4-10(5-3-1)12-6-11(12)7-16-14-13-8-19-20-15(13)18-9-17-14/h1-5,8-9,11-12H,6-7H2,(H,16,17,18). The van der Waals surface area contributed by atoms with E-state index < -0.39 is 0 Å². The van der Waals surface area contributed by atoms with Crippen LogP contribution < -0.4 is 5.32 Å². The van der Waals surface area contributed by atoms with E-state index in [0.717, 1.165) is 17.7 Å². The van der Waals surface area contributed by atoms with E-state index in [1.807, 2.05) is 0 Å². The highest BCUT2D eigenvalue weighted by atomic mass is 16.5. The van der Waals surface area contributed by atoms with Crippen molar-refractivity contribution in [3.63, 3.8) is 0 Å². The van der Waals surface area contributed by atoms with Gasteiger partial charge in [0.15, 0.2) is 0 Å². The lowest BCUT2D eigenvalue weighted by atomic mass is 10.1. The molecule has 0 radical (unpaired) electrons. The summed E-state index contributed by atoms with van der Waals surface area (Å²) in [6, 6.07) is 10.7. The van der Waals surface area contributed by atoms with E-state index in [0.29, 0.717) is 17.5 Å². The summed E-state index contributed by atoms with van der Waals surface area (Å²) in [4.78, 5) is 8.28. The smallest absolute Gasteiger partial charge is 0.262 e. The number of nitrogens with zero attached hydrogens (tertiary/aromatic N) is 3. The van der Waals surface area contributed by atoms with E-state index in [1.165, 1.54) is 18.3 Å². The predicted octanol–water partition coefficient (Wildman–Crippen LogP) is 2.83. The van der Waals surface area contributed by atoms with Crippen LogP contribution in [0.2, 0.25) is 0 Å². The van der Waals surface area contributed by atoms with Gasteiger partial charge in [0.25, 0.3) is 5.71 Å². The highest BCUT2D eigenvalue weighted by Crippen LogP contribution is 2.47. The lowest BCUT2D eigenvalue weighted by molar-refractivity contribution is 0.448. The van der Waals surface area contributed by atoms with E-state index in [2.05, 4.69) is 50.8 Å². The van der Waals surface area contributed by atoms with Crippen LogP contribution in [0.5, 0.6) is 0 Å². The van der Waals surface area contributed by atoms with Crippen molar-refractivity contribution in [1.29, 1.82) is 0 Å². The van der Waals surface area contributed by atoms with Gasteiger partial charge in [-0.05, 0) is 23.8 Å². The van der Waals surface area contributed by atoms with Crippen molar-refractivity contribution in [3.8, 4) is 0 Å². The number of hydrogen-bond acceptors (Lipinski definition) is 5. The molecule has 2 atom stereocenters. The maximum absolute atomic E-state index is 5.03. The lowest BCUT2D eigenvalue weighted by Gasteiger charge is -2.05. The normalized spacial score (nSPS) is 21.0. The number of aromatic nitrogens is 3. The largest absolute Gasteiger partial charge is 0.369 e. The van der Waals surface area contributed by atoms with E-state index in [-0.39, 0.29) is 0 Å². The summed E-state index contributed by atoms with van der Waals surface area (Å²) >= 11 is 0. The Morgan fingerprint density at radius 2 is 2.10 bits per heavy atom. The van der Waals surface area contributed by atoms with Crippen molar-refractivity contribution in [2.45, 2.75) is 12.3 Å². The molecule has 0 bridgehead atoms. The highest BCUT2D eigenvalue weighted by Gasteiger charge is 2.37. The van der Waals surface area contributed by atoms with Crippen LogP contribution in [0.15, 0.2) is 47.4 Å². The summed E-state index contributed by atoms with van der Waals surface area (Å²) in [5, 5.41) is 7.97. The minimum absolute atomic E-state index is 0.526. The van der Waals surface area contributed by atoms with Gasteiger partial charge in [0.05, 0.1) is 6.20 Å². The molecule has 1 aliphatic carbocycles. The monoisotopic (exact) mass is 266 g/mol. The van der Waals surface area contributed by atoms with Gasteiger partial charge in [-0.15, -0.1) is 0 Å². The SMILES string of the molecule is c1ccc(C2CC2CNc2ncnc3oncc23)cc1. The third kappa shape index (κ3) is 2.01. The molecule has 5 heteroatoms. The second-order valence-electron chi connectivity index (χ2n) is 5.16. The Morgan fingerprint density at radius 1 is 1.20 bits per heavy atom. The van der Waals surface area contributed by atoms with E-state index >= 15 is 0 Å². The summed E-state index contributed by atoms with van der Waals surface area (Å²) in [5.41, 5.74) is 1.95. The van der Waals surface area contributed by atoms with E-state index in [4.69, 9.17) is 4.52 Å². The first kappa shape index (κ1) is 11.4. The Bertz CT molecular complexity index is 725. The fourth-order valence-corrected chi connectivity index (χ4v) is 2.65. The van der Waals surface area contributed by atoms with Crippen LogP contribution in [0, 0.1) is 5.92 Å². The molecule has 2 heterocycles. The van der Waals surface area contributed by atoms with Gasteiger partial charge in [-0.3, -0.25) is 0 Å². The van der Waals surface area contributed by atoms with Crippen molar-refractivity contribution in [3.05, 3.63) is 48.4 Å². The maximum atomic E-state index is 5.03. The molecule has 0 saturated heterocycles. The summed E-state index contributed by atoms with van der Waals surface area (Å²) in [6.45, 7) is 0.914. The molecule has 0 spiro atoms. The Labute approximate surface area is 116 Å². The Balaban J connectivity index is 1.44. The fraction of sp³-hybridized carbons (Fsp3) is 0.267. The van der Waals surface area contributed by atoms with Gasteiger partial charge in [-0.1, -0.05) is 35.5 Å². The van der Waals surface area contributed by atoms with Crippen molar-refractivity contribution >= 4 is 16.9 Å². The van der Waals surface area contributed by atoms with Crippen molar-refractivity contribution < 1.29 is 4.52 Å². The molecule has 2 aromatic heterocycles. The molecule has 1 fully saturated rings. The summed E-state index contributed by atoms with van der Waals surface area (Å²) < 4.78 is 5.03. The van der Waals surface area contributed by atoms with Crippen LogP contribution in [0.1, 0.15) is 17.9 Å². The number of nitrogens with one attached hydrogen (secondary N) is 1. The molecule has 2 unspecified atom stereocenters. The van der Waals surface area contributed by atoms with Gasteiger partial charge >= 0.3 is 0 Å². The molecule has 1 saturated carbocycles. The molecule has 0 aliphatic heterocycles.